The van der Waals surface area contributed by atoms with Crippen LogP contribution < -0.4 is 0 Å². The Bertz CT molecular complexity index is 1340. The first kappa shape index (κ1) is 67.1. The van der Waals surface area contributed by atoms with Crippen molar-refractivity contribution in [1.29, 1.82) is 0 Å². The Morgan fingerprint density at radius 1 is 0.281 bits per heavy atom. The van der Waals surface area contributed by atoms with Crippen LogP contribution in [0.4, 0.5) is 0 Å². The Balaban J connectivity index is -0.000000367. The number of hydrogen-bond acceptors (Lipinski definition) is 6. The molecule has 0 spiro atoms. The summed E-state index contributed by atoms with van der Waals surface area (Å²) in [6, 6.07) is 8.81. The molecule has 64 heavy (non-hydrogen) atoms. The number of hydrogen-bond donors (Lipinski definition) is 0. The summed E-state index contributed by atoms with van der Waals surface area (Å²) in [5, 5.41) is 0. The van der Waals surface area contributed by atoms with Crippen molar-refractivity contribution in [3.05, 3.63) is 107 Å². The van der Waals surface area contributed by atoms with Gasteiger partial charge in [0.05, 0.1) is 0 Å². The van der Waals surface area contributed by atoms with E-state index in [1.165, 1.54) is 59.3 Å². The predicted molar refractivity (Wildman–Crippen MR) is 286 cm³/mol. The first-order valence-corrected chi connectivity index (χ1v) is 23.8. The van der Waals surface area contributed by atoms with Crippen molar-refractivity contribution in [3.63, 3.8) is 0 Å². The standard InChI is InChI=1S/2C14H23N.2C13H22N2.4CH4/c1-11(2)5-7-14-8-6-13(10-15-14)9-12(3)4;1-11(2)5-6-13-7-8-14(15-10-13)9-12(3)4;1-10(2)5-6-13-14-8-12(9-15-13)7-11(3)4;1-10(2)5-6-12-8-14-13(15-9-12)7-11(3)4;;;;/h6,8,10-12H,5,7,9H2,1-4H3;7-8,10-12H,5-6,9H2,1-4H3;2*8-11H,5-7H2,1-4H3;4*1H4. The van der Waals surface area contributed by atoms with Gasteiger partial charge >= 0.3 is 0 Å². The highest BCUT2D eigenvalue weighted by atomic mass is 14.9. The molecule has 0 fully saturated rings. The van der Waals surface area contributed by atoms with Crippen LogP contribution in [-0.2, 0) is 51.4 Å². The Kier molecular flexibility index (Phi) is 40.6. The van der Waals surface area contributed by atoms with E-state index in [0.29, 0.717) is 23.7 Å². The first-order valence-electron chi connectivity index (χ1n) is 23.8. The Morgan fingerprint density at radius 2 is 0.625 bits per heavy atom. The molecule has 0 unspecified atom stereocenters. The van der Waals surface area contributed by atoms with Crippen LogP contribution in [0.3, 0.4) is 0 Å². The van der Waals surface area contributed by atoms with E-state index in [4.69, 9.17) is 0 Å². The molecular weight excluding hydrogens is 781 g/mol. The molecule has 6 heteroatoms. The second-order valence-electron chi connectivity index (χ2n) is 20.5. The molecule has 368 valence electrons. The highest BCUT2D eigenvalue weighted by Gasteiger charge is 2.05. The zero-order valence-electron chi connectivity index (χ0n) is 41.6. The summed E-state index contributed by atoms with van der Waals surface area (Å²) in [4.78, 5) is 26.6. The summed E-state index contributed by atoms with van der Waals surface area (Å²) in [6.45, 7) is 35.7. The maximum atomic E-state index is 4.50. The van der Waals surface area contributed by atoms with Crippen molar-refractivity contribution < 1.29 is 0 Å². The number of pyridine rings is 2. The van der Waals surface area contributed by atoms with Crippen LogP contribution >= 0.6 is 0 Å². The first-order chi connectivity index (χ1) is 28.3. The van der Waals surface area contributed by atoms with Crippen molar-refractivity contribution in [1.82, 2.24) is 29.9 Å². The second-order valence-corrected chi connectivity index (χ2v) is 20.5. The van der Waals surface area contributed by atoms with Crippen LogP contribution in [-0.4, -0.2) is 29.9 Å². The van der Waals surface area contributed by atoms with E-state index in [0.717, 1.165) is 86.7 Å². The monoisotopic (exact) mass is 887 g/mol. The fourth-order valence-electron chi connectivity index (χ4n) is 6.17. The molecule has 0 bridgehead atoms. The van der Waals surface area contributed by atoms with Gasteiger partial charge in [-0.1, -0.05) is 153 Å². The molecule has 4 aromatic heterocycles. The molecular formula is C58H106N6. The zero-order chi connectivity index (χ0) is 45.0. The Labute approximate surface area is 400 Å². The molecule has 0 aliphatic rings. The lowest BCUT2D eigenvalue weighted by Gasteiger charge is -2.07. The van der Waals surface area contributed by atoms with Crippen molar-refractivity contribution in [3.8, 4) is 0 Å². The summed E-state index contributed by atoms with van der Waals surface area (Å²) in [5.41, 5.74) is 7.69. The molecule has 4 aromatic rings. The molecule has 6 nitrogen and oxygen atoms in total. The molecule has 0 amide bonds. The number of rotatable bonds is 20. The molecule has 0 atom stereocenters. The van der Waals surface area contributed by atoms with Gasteiger partial charge < -0.3 is 0 Å². The van der Waals surface area contributed by atoms with E-state index >= 15 is 0 Å². The third-order valence-electron chi connectivity index (χ3n) is 9.73. The van der Waals surface area contributed by atoms with E-state index in [9.17, 15) is 0 Å². The molecule has 0 N–H and O–H groups in total. The van der Waals surface area contributed by atoms with E-state index in [1.807, 2.05) is 37.2 Å². The van der Waals surface area contributed by atoms with Crippen molar-refractivity contribution in [2.24, 2.45) is 47.3 Å². The van der Waals surface area contributed by atoms with Gasteiger partial charge in [-0.2, -0.15) is 0 Å². The lowest BCUT2D eigenvalue weighted by molar-refractivity contribution is 0.573. The molecule has 0 radical (unpaired) electrons. The molecule has 0 aromatic carbocycles. The van der Waals surface area contributed by atoms with Gasteiger partial charge in [-0.15, -0.1) is 0 Å². The Hall–Kier alpha value is -3.54. The van der Waals surface area contributed by atoms with Gasteiger partial charge in [0.25, 0.3) is 0 Å². The second kappa shape index (κ2) is 38.7. The highest BCUT2D eigenvalue weighted by molar-refractivity contribution is 5.15. The normalized spacial score (nSPS) is 10.6. The minimum Gasteiger partial charge on any atom is -0.261 e. The maximum absolute atomic E-state index is 4.50. The van der Waals surface area contributed by atoms with Crippen molar-refractivity contribution in [2.45, 2.75) is 218 Å². The summed E-state index contributed by atoms with van der Waals surface area (Å²) in [5.74, 6) is 7.69. The third-order valence-corrected chi connectivity index (χ3v) is 9.73. The Morgan fingerprint density at radius 3 is 1.05 bits per heavy atom. The van der Waals surface area contributed by atoms with E-state index in [2.05, 4.69) is 165 Å². The smallest absolute Gasteiger partial charge is 0.128 e. The van der Waals surface area contributed by atoms with Gasteiger partial charge in [0, 0.05) is 61.4 Å². The fraction of sp³-hybridized carbons (Fsp3) is 0.690. The quantitative estimate of drug-likeness (QED) is 0.0880. The van der Waals surface area contributed by atoms with Crippen LogP contribution in [0.25, 0.3) is 0 Å². The molecule has 0 aliphatic heterocycles. The molecule has 0 saturated heterocycles. The molecule has 0 saturated carbocycles. The lowest BCUT2D eigenvalue weighted by atomic mass is 10.0. The highest BCUT2D eigenvalue weighted by Crippen LogP contribution is 2.13. The summed E-state index contributed by atoms with van der Waals surface area (Å²) in [7, 11) is 0. The zero-order valence-corrected chi connectivity index (χ0v) is 41.6. The van der Waals surface area contributed by atoms with Crippen molar-refractivity contribution >= 4 is 0 Å². The van der Waals surface area contributed by atoms with Gasteiger partial charge in [0.2, 0.25) is 0 Å². The van der Waals surface area contributed by atoms with E-state index in [-0.39, 0.29) is 29.7 Å². The predicted octanol–water partition coefficient (Wildman–Crippen LogP) is 16.8. The van der Waals surface area contributed by atoms with E-state index < -0.39 is 0 Å². The molecule has 4 heterocycles. The topological polar surface area (TPSA) is 77.3 Å². The van der Waals surface area contributed by atoms with Crippen LogP contribution in [0, 0.1) is 47.3 Å². The lowest BCUT2D eigenvalue weighted by Crippen LogP contribution is -2.02. The van der Waals surface area contributed by atoms with E-state index in [1.54, 1.807) is 0 Å². The van der Waals surface area contributed by atoms with Gasteiger partial charge in [-0.3, -0.25) is 9.97 Å². The van der Waals surface area contributed by atoms with Crippen molar-refractivity contribution in [2.75, 3.05) is 0 Å². The third kappa shape index (κ3) is 36.8. The van der Waals surface area contributed by atoms with Crippen LogP contribution in [0.5, 0.6) is 0 Å². The minimum absolute atomic E-state index is 0. The summed E-state index contributed by atoms with van der Waals surface area (Å²) >= 11 is 0. The molecule has 0 aliphatic carbocycles. The summed E-state index contributed by atoms with van der Waals surface area (Å²) < 4.78 is 0. The van der Waals surface area contributed by atoms with Crippen LogP contribution in [0.1, 0.15) is 211 Å². The van der Waals surface area contributed by atoms with Gasteiger partial charge in [-0.25, -0.2) is 19.9 Å². The van der Waals surface area contributed by atoms with Gasteiger partial charge in [0.15, 0.2) is 0 Å². The summed E-state index contributed by atoms with van der Waals surface area (Å²) in [6.07, 6.45) is 25.5. The van der Waals surface area contributed by atoms with Gasteiger partial charge in [0.1, 0.15) is 11.6 Å². The average molecular weight is 888 g/mol. The maximum Gasteiger partial charge on any atom is 0.128 e. The SMILES string of the molecule is C.C.C.C.CC(C)CCc1ccc(CC(C)C)cn1.CC(C)CCc1ccc(CC(C)C)nc1.CC(C)CCc1cnc(CC(C)C)nc1.CC(C)CCc1ncc(CC(C)C)cn1. The number of aryl methyl sites for hydroxylation is 4. The minimum atomic E-state index is 0. The average Bonchev–Trinajstić information content (AvgIpc) is 3.16. The number of aromatic nitrogens is 6. The largest absolute Gasteiger partial charge is 0.261 e. The van der Waals surface area contributed by atoms with Crippen LogP contribution in [0.15, 0.2) is 61.4 Å². The number of nitrogens with zero attached hydrogens (tertiary/aromatic N) is 6. The fourth-order valence-corrected chi connectivity index (χ4v) is 6.17. The molecule has 4 rings (SSSR count). The van der Waals surface area contributed by atoms with Gasteiger partial charge in [-0.05, 0) is 146 Å². The van der Waals surface area contributed by atoms with Crippen LogP contribution in [0.2, 0.25) is 0 Å².